The van der Waals surface area contributed by atoms with E-state index in [1.54, 1.807) is 23.5 Å². The van der Waals surface area contributed by atoms with Crippen molar-refractivity contribution in [2.75, 3.05) is 18.8 Å². The Bertz CT molecular complexity index is 532. The highest BCUT2D eigenvalue weighted by molar-refractivity contribution is 8.38. The van der Waals surface area contributed by atoms with Crippen LogP contribution in [0.2, 0.25) is 0 Å². The minimum Gasteiger partial charge on any atom is -0.353 e. The van der Waals surface area contributed by atoms with E-state index in [2.05, 4.69) is 20.6 Å². The number of rotatable bonds is 5. The summed E-state index contributed by atoms with van der Waals surface area (Å²) in [4.78, 5) is 20.9. The van der Waals surface area contributed by atoms with E-state index in [1.165, 1.54) is 0 Å². The molecule has 0 spiro atoms. The summed E-state index contributed by atoms with van der Waals surface area (Å²) in [6.07, 6.45) is 3.85. The van der Waals surface area contributed by atoms with Gasteiger partial charge in [-0.2, -0.15) is 0 Å². The molecule has 0 aromatic carbocycles. The van der Waals surface area contributed by atoms with Crippen LogP contribution in [0.25, 0.3) is 0 Å². The predicted octanol–water partition coefficient (Wildman–Crippen LogP) is 1.65. The van der Waals surface area contributed by atoms with Gasteiger partial charge in [0.05, 0.1) is 17.8 Å². The molecule has 1 amide bonds. The first-order chi connectivity index (χ1) is 10.8. The molecule has 2 atom stereocenters. The molecule has 3 heterocycles. The number of aromatic nitrogens is 1. The molecule has 2 aliphatic heterocycles. The van der Waals surface area contributed by atoms with Crippen LogP contribution >= 0.6 is 23.5 Å². The van der Waals surface area contributed by atoms with Gasteiger partial charge in [0, 0.05) is 24.2 Å². The highest BCUT2D eigenvalue weighted by Crippen LogP contribution is 2.27. The van der Waals surface area contributed by atoms with Crippen molar-refractivity contribution in [3.63, 3.8) is 0 Å². The van der Waals surface area contributed by atoms with Crippen LogP contribution in [0.5, 0.6) is 0 Å². The fraction of sp³-hybridized carbons (Fsp3) is 0.533. The second-order valence-corrected chi connectivity index (χ2v) is 7.59. The van der Waals surface area contributed by atoms with Gasteiger partial charge >= 0.3 is 0 Å². The van der Waals surface area contributed by atoms with Crippen LogP contribution in [0, 0.1) is 0 Å². The van der Waals surface area contributed by atoms with E-state index in [4.69, 9.17) is 0 Å². The zero-order chi connectivity index (χ0) is 15.2. The lowest BCUT2D eigenvalue weighted by Crippen LogP contribution is -2.43. The van der Waals surface area contributed by atoms with Gasteiger partial charge < -0.3 is 10.6 Å². The molecule has 1 aromatic heterocycles. The zero-order valence-corrected chi connectivity index (χ0v) is 14.0. The third kappa shape index (κ3) is 4.47. The first kappa shape index (κ1) is 15.8. The van der Waals surface area contributed by atoms with Crippen molar-refractivity contribution in [2.45, 2.75) is 30.7 Å². The average molecular weight is 336 g/mol. The second-order valence-electron chi connectivity index (χ2n) is 5.36. The Hall–Kier alpha value is -1.05. The van der Waals surface area contributed by atoms with Gasteiger partial charge in [0.2, 0.25) is 5.91 Å². The molecule has 0 aliphatic carbocycles. The van der Waals surface area contributed by atoms with Crippen LogP contribution in [0.1, 0.15) is 18.5 Å². The van der Waals surface area contributed by atoms with Crippen molar-refractivity contribution in [3.05, 3.63) is 30.1 Å². The number of thioether (sulfide) groups is 2. The average Bonchev–Trinajstić information content (AvgIpc) is 3.23. The number of carbonyl (C=O) groups excluding carboxylic acids is 1. The first-order valence-electron chi connectivity index (χ1n) is 7.55. The van der Waals surface area contributed by atoms with E-state index >= 15 is 0 Å². The summed E-state index contributed by atoms with van der Waals surface area (Å²) in [6, 6.07) is 6.15. The van der Waals surface area contributed by atoms with E-state index < -0.39 is 0 Å². The van der Waals surface area contributed by atoms with Crippen molar-refractivity contribution >= 4 is 33.8 Å². The summed E-state index contributed by atoms with van der Waals surface area (Å²) in [5.74, 6) is 1.91. The van der Waals surface area contributed by atoms with E-state index in [0.717, 1.165) is 41.0 Å². The van der Waals surface area contributed by atoms with Crippen LogP contribution in [0.3, 0.4) is 0 Å². The molecule has 22 heavy (non-hydrogen) atoms. The molecule has 7 heteroatoms. The normalized spacial score (nSPS) is 24.3. The Balaban J connectivity index is 1.40. The van der Waals surface area contributed by atoms with Crippen LogP contribution in [0.15, 0.2) is 29.4 Å². The Morgan fingerprint density at radius 2 is 2.45 bits per heavy atom. The quantitative estimate of drug-likeness (QED) is 0.856. The van der Waals surface area contributed by atoms with Crippen molar-refractivity contribution < 1.29 is 4.79 Å². The molecule has 1 aromatic rings. The molecule has 118 valence electrons. The third-order valence-corrected chi connectivity index (χ3v) is 6.05. The van der Waals surface area contributed by atoms with Gasteiger partial charge in [0.1, 0.15) is 4.38 Å². The molecule has 0 bridgehead atoms. The SMILES string of the molecule is O=C(NC[C@@H]1CSC(SCc2ccccn2)=N1)[C@@H]1CCCN1. The number of carbonyl (C=O) groups is 1. The second kappa shape index (κ2) is 7.99. The summed E-state index contributed by atoms with van der Waals surface area (Å²) in [5.41, 5.74) is 1.07. The summed E-state index contributed by atoms with van der Waals surface area (Å²) < 4.78 is 1.10. The number of amides is 1. The monoisotopic (exact) mass is 336 g/mol. The minimum absolute atomic E-state index is 0.00367. The number of pyridine rings is 1. The van der Waals surface area contributed by atoms with Crippen molar-refractivity contribution in [3.8, 4) is 0 Å². The maximum Gasteiger partial charge on any atom is 0.237 e. The lowest BCUT2D eigenvalue weighted by molar-refractivity contribution is -0.122. The molecule has 0 saturated carbocycles. The summed E-state index contributed by atoms with van der Waals surface area (Å²) >= 11 is 3.50. The molecule has 0 radical (unpaired) electrons. The summed E-state index contributed by atoms with van der Waals surface area (Å²) in [6.45, 7) is 1.58. The minimum atomic E-state index is -0.00367. The van der Waals surface area contributed by atoms with Gasteiger partial charge in [-0.3, -0.25) is 14.8 Å². The zero-order valence-electron chi connectivity index (χ0n) is 12.3. The summed E-state index contributed by atoms with van der Waals surface area (Å²) in [7, 11) is 0. The molecule has 1 fully saturated rings. The van der Waals surface area contributed by atoms with Crippen molar-refractivity contribution in [1.82, 2.24) is 15.6 Å². The van der Waals surface area contributed by atoms with Crippen LogP contribution in [-0.4, -0.2) is 46.2 Å². The Morgan fingerprint density at radius 1 is 1.50 bits per heavy atom. The highest BCUT2D eigenvalue weighted by Gasteiger charge is 2.24. The van der Waals surface area contributed by atoms with E-state index in [1.807, 2.05) is 24.4 Å². The number of hydrogen-bond acceptors (Lipinski definition) is 6. The maximum absolute atomic E-state index is 12.0. The van der Waals surface area contributed by atoms with Crippen molar-refractivity contribution in [1.29, 1.82) is 0 Å². The van der Waals surface area contributed by atoms with Gasteiger partial charge in [0.15, 0.2) is 0 Å². The number of nitrogens with zero attached hydrogens (tertiary/aromatic N) is 2. The van der Waals surface area contributed by atoms with E-state index in [-0.39, 0.29) is 18.0 Å². The smallest absolute Gasteiger partial charge is 0.237 e. The largest absolute Gasteiger partial charge is 0.353 e. The standard InChI is InChI=1S/C15H20N4OS2/c20-14(13-5-3-7-17-13)18-8-12-10-22-15(19-12)21-9-11-4-1-2-6-16-11/h1-2,4,6,12-13,17H,3,5,7-10H2,(H,18,20)/t12-,13+/m1/s1. The molecule has 0 unspecified atom stereocenters. The Morgan fingerprint density at radius 3 is 3.23 bits per heavy atom. The van der Waals surface area contributed by atoms with Gasteiger partial charge in [-0.05, 0) is 31.5 Å². The molecule has 2 aliphatic rings. The van der Waals surface area contributed by atoms with Gasteiger partial charge in [-0.1, -0.05) is 29.6 Å². The number of nitrogens with one attached hydrogen (secondary N) is 2. The number of hydrogen-bond donors (Lipinski definition) is 2. The molecular formula is C15H20N4OS2. The Kier molecular flexibility index (Phi) is 5.75. The third-order valence-electron chi connectivity index (χ3n) is 3.65. The first-order valence-corrected chi connectivity index (χ1v) is 9.53. The van der Waals surface area contributed by atoms with Gasteiger partial charge in [-0.15, -0.1) is 0 Å². The fourth-order valence-electron chi connectivity index (χ4n) is 2.44. The Labute approximate surface area is 139 Å². The van der Waals surface area contributed by atoms with Crippen LogP contribution < -0.4 is 10.6 Å². The predicted molar refractivity (Wildman–Crippen MR) is 93.2 cm³/mol. The molecule has 5 nitrogen and oxygen atoms in total. The highest BCUT2D eigenvalue weighted by atomic mass is 32.2. The van der Waals surface area contributed by atoms with Gasteiger partial charge in [0.25, 0.3) is 0 Å². The summed E-state index contributed by atoms with van der Waals surface area (Å²) in [5, 5.41) is 6.23. The van der Waals surface area contributed by atoms with Gasteiger partial charge in [-0.25, -0.2) is 0 Å². The molecule has 2 N–H and O–H groups in total. The topological polar surface area (TPSA) is 66.4 Å². The van der Waals surface area contributed by atoms with Crippen molar-refractivity contribution in [2.24, 2.45) is 4.99 Å². The number of aliphatic imine (C=N–C) groups is 1. The maximum atomic E-state index is 12.0. The van der Waals surface area contributed by atoms with E-state index in [9.17, 15) is 4.79 Å². The fourth-order valence-corrected chi connectivity index (χ4v) is 4.57. The lowest BCUT2D eigenvalue weighted by Gasteiger charge is -2.12. The van der Waals surface area contributed by atoms with E-state index in [0.29, 0.717) is 6.54 Å². The molecule has 3 rings (SSSR count). The van der Waals surface area contributed by atoms with Crippen LogP contribution in [-0.2, 0) is 10.5 Å². The molecular weight excluding hydrogens is 316 g/mol. The molecule has 1 saturated heterocycles. The van der Waals surface area contributed by atoms with Crippen LogP contribution in [0.4, 0.5) is 0 Å². The lowest BCUT2D eigenvalue weighted by atomic mass is 10.2.